The molecule has 7 aromatic rings. The number of hydrogen-bond donors (Lipinski definition) is 1. The fourth-order valence-corrected chi connectivity index (χ4v) is 6.16. The van der Waals surface area contributed by atoms with E-state index in [1.807, 2.05) is 0 Å². The Morgan fingerprint density at radius 2 is 1.07 bits per heavy atom. The van der Waals surface area contributed by atoms with E-state index in [0.29, 0.717) is 0 Å². The van der Waals surface area contributed by atoms with E-state index in [0.717, 1.165) is 22.5 Å². The molecule has 1 unspecified atom stereocenters. The van der Waals surface area contributed by atoms with Gasteiger partial charge in [-0.25, -0.2) is 0 Å². The van der Waals surface area contributed by atoms with Crippen molar-refractivity contribution in [3.05, 3.63) is 174 Å². The molecule has 1 aliphatic rings. The van der Waals surface area contributed by atoms with Crippen LogP contribution in [0.2, 0.25) is 0 Å². The molecule has 1 atom stereocenters. The minimum Gasteiger partial charge on any atom is -0.359 e. The van der Waals surface area contributed by atoms with Gasteiger partial charge in [0.25, 0.3) is 0 Å². The van der Waals surface area contributed by atoms with Crippen LogP contribution in [-0.4, -0.2) is 5.71 Å². The fraction of sp³-hybridized carbons (Fsp3) is 0.0250. The van der Waals surface area contributed by atoms with Gasteiger partial charge in [-0.15, -0.1) is 0 Å². The molecule has 2 nitrogen and oxygen atoms in total. The Morgan fingerprint density at radius 3 is 1.88 bits per heavy atom. The third-order valence-corrected chi connectivity index (χ3v) is 8.28. The van der Waals surface area contributed by atoms with Crippen LogP contribution in [0.3, 0.4) is 0 Å². The Labute approximate surface area is 245 Å². The highest BCUT2D eigenvalue weighted by Crippen LogP contribution is 2.33. The molecule has 0 aromatic heterocycles. The number of aliphatic imine (C=N–C) groups is 1. The van der Waals surface area contributed by atoms with Crippen molar-refractivity contribution >= 4 is 43.7 Å². The fourth-order valence-electron chi connectivity index (χ4n) is 6.16. The van der Waals surface area contributed by atoms with E-state index < -0.39 is 0 Å². The van der Waals surface area contributed by atoms with Gasteiger partial charge in [-0.3, -0.25) is 4.99 Å². The van der Waals surface area contributed by atoms with Gasteiger partial charge in [-0.2, -0.15) is 0 Å². The zero-order chi connectivity index (χ0) is 27.9. The lowest BCUT2D eigenvalue weighted by molar-refractivity contribution is 0.669. The van der Waals surface area contributed by atoms with Gasteiger partial charge in [-0.05, 0) is 67.2 Å². The quantitative estimate of drug-likeness (QED) is 0.238. The summed E-state index contributed by atoms with van der Waals surface area (Å²) in [6.07, 6.45) is 1.99. The van der Waals surface area contributed by atoms with Crippen LogP contribution in [0.25, 0.3) is 49.1 Å². The first-order valence-corrected chi connectivity index (χ1v) is 14.4. The van der Waals surface area contributed by atoms with Gasteiger partial charge in [0.2, 0.25) is 0 Å². The Morgan fingerprint density at radius 1 is 0.452 bits per heavy atom. The van der Waals surface area contributed by atoms with E-state index in [1.54, 1.807) is 0 Å². The molecule has 0 spiro atoms. The van der Waals surface area contributed by atoms with Crippen molar-refractivity contribution in [2.75, 3.05) is 0 Å². The number of rotatable bonds is 4. The van der Waals surface area contributed by atoms with Crippen LogP contribution in [0.5, 0.6) is 0 Å². The molecule has 0 aliphatic carbocycles. The van der Waals surface area contributed by atoms with Crippen LogP contribution >= 0.6 is 0 Å². The third kappa shape index (κ3) is 4.34. The molecule has 0 saturated carbocycles. The second kappa shape index (κ2) is 10.2. The minimum atomic E-state index is -0.221. The number of hydrogen-bond acceptors (Lipinski definition) is 2. The van der Waals surface area contributed by atoms with E-state index in [4.69, 9.17) is 4.99 Å². The number of allylic oxidation sites excluding steroid dienone is 1. The second-order valence-corrected chi connectivity index (χ2v) is 10.9. The zero-order valence-corrected chi connectivity index (χ0v) is 23.0. The van der Waals surface area contributed by atoms with Crippen molar-refractivity contribution in [1.29, 1.82) is 0 Å². The van der Waals surface area contributed by atoms with E-state index in [9.17, 15) is 0 Å². The lowest BCUT2D eigenvalue weighted by Gasteiger charge is -2.26. The van der Waals surface area contributed by atoms with E-state index in [-0.39, 0.29) is 6.17 Å². The maximum absolute atomic E-state index is 5.33. The third-order valence-electron chi connectivity index (χ3n) is 8.28. The SMILES string of the molecule is C1=C(c2ccc3cc(-c4ccccc4)ccc3c2)NC(c2cccc3ccccc23)N=C1c1cccc2ccccc12. The standard InChI is InChI=1S/C40H28N2/c1-2-10-27(11-3-1)30-20-21-32-25-33(23-22-31(32)24-30)38-26-39(36-18-8-14-28-12-4-6-16-34(28)36)42-40(41-38)37-19-9-15-29-13-5-7-17-35(29)37/h1-26,40-41H. The maximum atomic E-state index is 5.33. The van der Waals surface area contributed by atoms with Crippen LogP contribution in [0.4, 0.5) is 0 Å². The summed E-state index contributed by atoms with van der Waals surface area (Å²) in [6, 6.07) is 54.1. The smallest absolute Gasteiger partial charge is 0.146 e. The summed E-state index contributed by atoms with van der Waals surface area (Å²) in [5.41, 5.74) is 7.97. The Bertz CT molecular complexity index is 2160. The van der Waals surface area contributed by atoms with Crippen LogP contribution < -0.4 is 5.32 Å². The molecule has 0 fully saturated rings. The molecule has 8 rings (SSSR count). The number of fused-ring (bicyclic) bond motifs is 3. The lowest BCUT2D eigenvalue weighted by atomic mass is 9.95. The first-order chi connectivity index (χ1) is 20.8. The first-order valence-electron chi connectivity index (χ1n) is 14.4. The molecule has 42 heavy (non-hydrogen) atoms. The summed E-state index contributed by atoms with van der Waals surface area (Å²) in [7, 11) is 0. The molecule has 198 valence electrons. The van der Waals surface area contributed by atoms with E-state index in [2.05, 4.69) is 163 Å². The molecule has 1 N–H and O–H groups in total. The second-order valence-electron chi connectivity index (χ2n) is 10.9. The average Bonchev–Trinajstić information content (AvgIpc) is 3.07. The van der Waals surface area contributed by atoms with Gasteiger partial charge in [0.05, 0.1) is 5.71 Å². The van der Waals surface area contributed by atoms with Gasteiger partial charge in [-0.1, -0.05) is 140 Å². The molecule has 0 bridgehead atoms. The molecule has 2 heteroatoms. The zero-order valence-electron chi connectivity index (χ0n) is 23.0. The highest BCUT2D eigenvalue weighted by Gasteiger charge is 2.22. The molecule has 1 heterocycles. The van der Waals surface area contributed by atoms with Gasteiger partial charge >= 0.3 is 0 Å². The minimum absolute atomic E-state index is 0.221. The summed E-state index contributed by atoms with van der Waals surface area (Å²) >= 11 is 0. The Balaban J connectivity index is 1.27. The normalized spacial score (nSPS) is 14.9. The largest absolute Gasteiger partial charge is 0.359 e. The summed E-state index contributed by atoms with van der Waals surface area (Å²) in [5.74, 6) is 0. The molecule has 0 radical (unpaired) electrons. The highest BCUT2D eigenvalue weighted by molar-refractivity contribution is 6.19. The van der Waals surface area contributed by atoms with E-state index >= 15 is 0 Å². The Kier molecular flexibility index (Phi) is 5.89. The maximum Gasteiger partial charge on any atom is 0.146 e. The number of benzene rings is 7. The molecular formula is C40H28N2. The molecule has 0 saturated heterocycles. The predicted molar refractivity (Wildman–Crippen MR) is 178 cm³/mol. The number of nitrogens with one attached hydrogen (secondary N) is 1. The van der Waals surface area contributed by atoms with Crippen molar-refractivity contribution in [1.82, 2.24) is 5.32 Å². The number of nitrogens with zero attached hydrogens (tertiary/aromatic N) is 1. The van der Waals surface area contributed by atoms with Crippen LogP contribution in [-0.2, 0) is 0 Å². The van der Waals surface area contributed by atoms with Crippen LogP contribution in [0.15, 0.2) is 163 Å². The monoisotopic (exact) mass is 536 g/mol. The average molecular weight is 537 g/mol. The van der Waals surface area contributed by atoms with Crippen LogP contribution in [0, 0.1) is 0 Å². The molecule has 1 aliphatic heterocycles. The van der Waals surface area contributed by atoms with Crippen molar-refractivity contribution in [2.45, 2.75) is 6.17 Å². The summed E-state index contributed by atoms with van der Waals surface area (Å²) in [6.45, 7) is 0. The topological polar surface area (TPSA) is 24.4 Å². The predicted octanol–water partition coefficient (Wildman–Crippen LogP) is 9.95. The van der Waals surface area contributed by atoms with E-state index in [1.165, 1.54) is 49.0 Å². The van der Waals surface area contributed by atoms with Crippen molar-refractivity contribution in [3.8, 4) is 11.1 Å². The summed E-state index contributed by atoms with van der Waals surface area (Å²) in [4.78, 5) is 5.33. The van der Waals surface area contributed by atoms with Gasteiger partial charge < -0.3 is 5.32 Å². The van der Waals surface area contributed by atoms with Gasteiger partial charge in [0, 0.05) is 16.8 Å². The highest BCUT2D eigenvalue weighted by atomic mass is 15.1. The Hall–Kier alpha value is -5.47. The molecule has 7 aromatic carbocycles. The van der Waals surface area contributed by atoms with Gasteiger partial charge in [0.15, 0.2) is 0 Å². The first kappa shape index (κ1) is 24.3. The van der Waals surface area contributed by atoms with Crippen LogP contribution in [0.1, 0.15) is 22.9 Å². The molecule has 0 amide bonds. The van der Waals surface area contributed by atoms with Crippen molar-refractivity contribution < 1.29 is 0 Å². The van der Waals surface area contributed by atoms with Crippen molar-refractivity contribution in [2.24, 2.45) is 4.99 Å². The van der Waals surface area contributed by atoms with Crippen molar-refractivity contribution in [3.63, 3.8) is 0 Å². The molecular weight excluding hydrogens is 508 g/mol. The van der Waals surface area contributed by atoms with Gasteiger partial charge in [0.1, 0.15) is 6.17 Å². The summed E-state index contributed by atoms with van der Waals surface area (Å²) < 4.78 is 0. The lowest BCUT2D eigenvalue weighted by Crippen LogP contribution is -2.25. The summed E-state index contributed by atoms with van der Waals surface area (Å²) in [5, 5.41) is 11.1.